The van der Waals surface area contributed by atoms with E-state index < -0.39 is 0 Å². The molecule has 0 aromatic heterocycles. The number of nitriles is 1. The largest absolute Gasteiger partial charge is 0.347 e. The molecule has 0 saturated heterocycles. The Morgan fingerprint density at radius 1 is 1.42 bits per heavy atom. The molecule has 12 heavy (non-hydrogen) atoms. The molecule has 1 N–H and O–H groups in total. The average molecular weight is 179 g/mol. The van der Waals surface area contributed by atoms with Crippen LogP contribution >= 0.6 is 11.6 Å². The third kappa shape index (κ3) is 2.30. The van der Waals surface area contributed by atoms with Crippen LogP contribution in [-0.4, -0.2) is 0 Å². The number of anilines is 1. The fourth-order valence-electron chi connectivity index (χ4n) is 0.735. The maximum absolute atomic E-state index is 8.41. The molecule has 0 spiro atoms. The first-order valence-electron chi connectivity index (χ1n) is 3.34. The highest BCUT2D eigenvalue weighted by molar-refractivity contribution is 6.30. The average Bonchev–Trinajstić information content (AvgIpc) is 2.09. The molecule has 2 nitrogen and oxygen atoms in total. The lowest BCUT2D eigenvalue weighted by Gasteiger charge is -2.01. The van der Waals surface area contributed by atoms with Crippen LogP contribution in [0.2, 0.25) is 5.02 Å². The molecule has 0 atom stereocenters. The van der Waals surface area contributed by atoms with Crippen LogP contribution in [0.4, 0.5) is 5.69 Å². The molecule has 0 amide bonds. The summed E-state index contributed by atoms with van der Waals surface area (Å²) in [4.78, 5) is 0. The number of nitrogens with zero attached hydrogens (tertiary/aromatic N) is 1. The van der Waals surface area contributed by atoms with Gasteiger partial charge in [-0.15, -0.1) is 0 Å². The van der Waals surface area contributed by atoms with Gasteiger partial charge >= 0.3 is 0 Å². The molecule has 0 radical (unpaired) electrons. The molecular formula is C9H7ClN2. The van der Waals surface area contributed by atoms with Gasteiger partial charge in [-0.2, -0.15) is 5.26 Å². The van der Waals surface area contributed by atoms with Crippen LogP contribution in [0, 0.1) is 11.3 Å². The van der Waals surface area contributed by atoms with Crippen molar-refractivity contribution in [2.75, 3.05) is 5.32 Å². The van der Waals surface area contributed by atoms with Gasteiger partial charge in [-0.25, -0.2) is 0 Å². The summed E-state index contributed by atoms with van der Waals surface area (Å²) in [6.07, 6.45) is 0. The van der Waals surface area contributed by atoms with Crippen LogP contribution in [0.3, 0.4) is 0 Å². The van der Waals surface area contributed by atoms with E-state index in [0.717, 1.165) is 5.69 Å². The summed E-state index contributed by atoms with van der Waals surface area (Å²) in [5.74, 6) is 0. The Morgan fingerprint density at radius 2 is 2.00 bits per heavy atom. The zero-order valence-electron chi connectivity index (χ0n) is 6.34. The molecule has 0 fully saturated rings. The van der Waals surface area contributed by atoms with Crippen LogP contribution in [-0.2, 0) is 0 Å². The second kappa shape index (κ2) is 3.80. The van der Waals surface area contributed by atoms with Gasteiger partial charge in [-0.1, -0.05) is 18.2 Å². The van der Waals surface area contributed by atoms with E-state index in [-0.39, 0.29) is 0 Å². The number of allylic oxidation sites excluding steroid dienone is 1. The summed E-state index contributed by atoms with van der Waals surface area (Å²) in [5.41, 5.74) is 1.13. The van der Waals surface area contributed by atoms with Crippen molar-refractivity contribution in [1.82, 2.24) is 0 Å². The first kappa shape index (κ1) is 8.63. The van der Waals surface area contributed by atoms with E-state index in [2.05, 4.69) is 11.9 Å². The first-order valence-corrected chi connectivity index (χ1v) is 3.72. The minimum absolute atomic E-state index is 0.317. The first-order chi connectivity index (χ1) is 5.72. The summed E-state index contributed by atoms with van der Waals surface area (Å²) in [7, 11) is 0. The van der Waals surface area contributed by atoms with Gasteiger partial charge in [0.25, 0.3) is 0 Å². The summed E-state index contributed by atoms with van der Waals surface area (Å²) in [6, 6.07) is 8.94. The maximum atomic E-state index is 8.41. The third-order valence-corrected chi connectivity index (χ3v) is 1.53. The molecule has 60 valence electrons. The smallest absolute Gasteiger partial charge is 0.117 e. The highest BCUT2D eigenvalue weighted by Gasteiger charge is 1.92. The zero-order valence-corrected chi connectivity index (χ0v) is 7.10. The fraction of sp³-hybridized carbons (Fsp3) is 0. The molecule has 0 aliphatic rings. The Kier molecular flexibility index (Phi) is 2.73. The molecule has 0 saturated carbocycles. The van der Waals surface area contributed by atoms with Gasteiger partial charge in [0.15, 0.2) is 0 Å². The molecular weight excluding hydrogens is 172 g/mol. The molecule has 1 rings (SSSR count). The van der Waals surface area contributed by atoms with Crippen molar-refractivity contribution in [3.05, 3.63) is 41.6 Å². The topological polar surface area (TPSA) is 35.8 Å². The monoisotopic (exact) mass is 178 g/mol. The number of hydrogen-bond acceptors (Lipinski definition) is 2. The molecule has 3 heteroatoms. The third-order valence-electron chi connectivity index (χ3n) is 1.27. The molecule has 0 aliphatic heterocycles. The van der Waals surface area contributed by atoms with E-state index >= 15 is 0 Å². The number of hydrogen-bond donors (Lipinski definition) is 1. The van der Waals surface area contributed by atoms with Gasteiger partial charge in [0.1, 0.15) is 11.8 Å². The minimum atomic E-state index is 0.317. The molecule has 0 bridgehead atoms. The normalized spacial score (nSPS) is 8.67. The number of benzene rings is 1. The van der Waals surface area contributed by atoms with E-state index in [4.69, 9.17) is 16.9 Å². The maximum Gasteiger partial charge on any atom is 0.117 e. The number of halogens is 1. The van der Waals surface area contributed by atoms with Crippen LogP contribution in [0.5, 0.6) is 0 Å². The SMILES string of the molecule is C=C(C#N)Nc1ccc(Cl)cc1. The van der Waals surface area contributed by atoms with E-state index in [0.29, 0.717) is 10.7 Å². The second-order valence-electron chi connectivity index (χ2n) is 2.22. The summed E-state index contributed by atoms with van der Waals surface area (Å²) in [6.45, 7) is 3.49. The van der Waals surface area contributed by atoms with Crippen LogP contribution in [0.1, 0.15) is 0 Å². The van der Waals surface area contributed by atoms with Crippen LogP contribution in [0.15, 0.2) is 36.5 Å². The predicted molar refractivity (Wildman–Crippen MR) is 49.8 cm³/mol. The van der Waals surface area contributed by atoms with Crippen molar-refractivity contribution >= 4 is 17.3 Å². The Labute approximate surface area is 76.1 Å². The Hall–Kier alpha value is -1.46. The van der Waals surface area contributed by atoms with Crippen LogP contribution in [0.25, 0.3) is 0 Å². The zero-order chi connectivity index (χ0) is 8.97. The van der Waals surface area contributed by atoms with Crippen molar-refractivity contribution < 1.29 is 0 Å². The minimum Gasteiger partial charge on any atom is -0.347 e. The fourth-order valence-corrected chi connectivity index (χ4v) is 0.861. The quantitative estimate of drug-likeness (QED) is 0.707. The van der Waals surface area contributed by atoms with Crippen molar-refractivity contribution in [3.63, 3.8) is 0 Å². The van der Waals surface area contributed by atoms with E-state index in [9.17, 15) is 0 Å². The second-order valence-corrected chi connectivity index (χ2v) is 2.66. The molecule has 1 aromatic carbocycles. The van der Waals surface area contributed by atoms with Gasteiger partial charge in [-0.05, 0) is 24.3 Å². The van der Waals surface area contributed by atoms with Gasteiger partial charge in [0, 0.05) is 10.7 Å². The summed E-state index contributed by atoms with van der Waals surface area (Å²) in [5, 5.41) is 11.9. The standard InChI is InChI=1S/C9H7ClN2/c1-7(6-11)12-9-4-2-8(10)3-5-9/h2-5,12H,1H2. The molecule has 0 aliphatic carbocycles. The van der Waals surface area contributed by atoms with E-state index in [1.165, 1.54) is 0 Å². The van der Waals surface area contributed by atoms with Crippen molar-refractivity contribution in [1.29, 1.82) is 5.26 Å². The lowest BCUT2D eigenvalue weighted by atomic mass is 10.3. The van der Waals surface area contributed by atoms with Crippen molar-refractivity contribution in [3.8, 4) is 6.07 Å². The van der Waals surface area contributed by atoms with Gasteiger partial charge in [-0.3, -0.25) is 0 Å². The Bertz CT molecular complexity index is 321. The lowest BCUT2D eigenvalue weighted by molar-refractivity contribution is 1.44. The summed E-state index contributed by atoms with van der Waals surface area (Å²) >= 11 is 5.67. The van der Waals surface area contributed by atoms with Gasteiger partial charge < -0.3 is 5.32 Å². The highest BCUT2D eigenvalue weighted by atomic mass is 35.5. The van der Waals surface area contributed by atoms with Crippen LogP contribution < -0.4 is 5.32 Å². The van der Waals surface area contributed by atoms with Crippen molar-refractivity contribution in [2.45, 2.75) is 0 Å². The molecule has 0 heterocycles. The Balaban J connectivity index is 2.73. The molecule has 0 unspecified atom stereocenters. The van der Waals surface area contributed by atoms with Crippen molar-refractivity contribution in [2.24, 2.45) is 0 Å². The summed E-state index contributed by atoms with van der Waals surface area (Å²) < 4.78 is 0. The van der Waals surface area contributed by atoms with E-state index in [1.807, 2.05) is 6.07 Å². The Morgan fingerprint density at radius 3 is 2.50 bits per heavy atom. The van der Waals surface area contributed by atoms with E-state index in [1.54, 1.807) is 24.3 Å². The molecule has 1 aromatic rings. The van der Waals surface area contributed by atoms with Gasteiger partial charge in [0.05, 0.1) is 0 Å². The number of rotatable bonds is 2. The lowest BCUT2D eigenvalue weighted by Crippen LogP contribution is -1.93. The number of nitrogens with one attached hydrogen (secondary N) is 1. The highest BCUT2D eigenvalue weighted by Crippen LogP contribution is 2.14. The van der Waals surface area contributed by atoms with Gasteiger partial charge in [0.2, 0.25) is 0 Å². The predicted octanol–water partition coefficient (Wildman–Crippen LogP) is 2.79.